The van der Waals surface area contributed by atoms with Gasteiger partial charge in [0.15, 0.2) is 0 Å². The summed E-state index contributed by atoms with van der Waals surface area (Å²) in [4.78, 5) is 0. The first-order chi connectivity index (χ1) is 5.82. The van der Waals surface area contributed by atoms with Crippen molar-refractivity contribution in [3.8, 4) is 5.75 Å². The third kappa shape index (κ3) is 2.06. The molecule has 0 unspecified atom stereocenters. The third-order valence-corrected chi connectivity index (χ3v) is 2.11. The molecule has 0 bridgehead atoms. The lowest BCUT2D eigenvalue weighted by atomic mass is 10.2. The van der Waals surface area contributed by atoms with Crippen LogP contribution in [0.1, 0.15) is 5.56 Å². The maximum atomic E-state index is 12.1. The predicted octanol–water partition coefficient (Wildman–Crippen LogP) is 2.76. The van der Waals surface area contributed by atoms with Crippen LogP contribution in [0.2, 0.25) is 0 Å². The average molecular weight is 256 g/mol. The van der Waals surface area contributed by atoms with Gasteiger partial charge in [0, 0.05) is 16.2 Å². The number of anilines is 1. The molecule has 0 aliphatic rings. The summed E-state index contributed by atoms with van der Waals surface area (Å²) in [7, 11) is 0. The summed E-state index contributed by atoms with van der Waals surface area (Å²) in [6.45, 7) is 0. The molecule has 0 aliphatic carbocycles. The Morgan fingerprint density at radius 2 is 1.85 bits per heavy atom. The first-order valence-electron chi connectivity index (χ1n) is 3.17. The van der Waals surface area contributed by atoms with E-state index in [1.54, 1.807) is 0 Å². The second-order valence-electron chi connectivity index (χ2n) is 2.39. The van der Waals surface area contributed by atoms with Gasteiger partial charge in [-0.1, -0.05) is 0 Å². The van der Waals surface area contributed by atoms with Crippen molar-refractivity contribution in [2.45, 2.75) is 6.18 Å². The summed E-state index contributed by atoms with van der Waals surface area (Å²) in [5.41, 5.74) is 4.22. The summed E-state index contributed by atoms with van der Waals surface area (Å²) < 4.78 is 36.5. The fraction of sp³-hybridized carbons (Fsp3) is 0.143. The molecule has 0 aromatic heterocycles. The second-order valence-corrected chi connectivity index (χ2v) is 3.24. The Kier molecular flexibility index (Phi) is 2.42. The van der Waals surface area contributed by atoms with Crippen molar-refractivity contribution < 1.29 is 18.3 Å². The van der Waals surface area contributed by atoms with Crippen LogP contribution < -0.4 is 5.73 Å². The average Bonchev–Trinajstić information content (AvgIpc) is 1.94. The van der Waals surface area contributed by atoms with Crippen LogP contribution in [-0.4, -0.2) is 5.11 Å². The Labute approximate surface area is 80.3 Å². The highest BCUT2D eigenvalue weighted by molar-refractivity contribution is 9.10. The zero-order valence-corrected chi connectivity index (χ0v) is 7.78. The minimum Gasteiger partial charge on any atom is -0.507 e. The number of hydrogen-bond donors (Lipinski definition) is 2. The van der Waals surface area contributed by atoms with Crippen molar-refractivity contribution in [3.63, 3.8) is 0 Å². The zero-order chi connectivity index (χ0) is 10.2. The van der Waals surface area contributed by atoms with E-state index >= 15 is 0 Å². The molecule has 0 fully saturated rings. The maximum absolute atomic E-state index is 12.1. The smallest absolute Gasteiger partial charge is 0.419 e. The van der Waals surface area contributed by atoms with Gasteiger partial charge in [0.1, 0.15) is 5.75 Å². The third-order valence-electron chi connectivity index (χ3n) is 1.42. The standard InChI is InChI=1S/C7H5BrF3NO/c8-4-1-3(7(9,10)11)6(13)2-5(4)12/h1-2,13H,12H2. The minimum atomic E-state index is -4.57. The fourth-order valence-corrected chi connectivity index (χ4v) is 1.15. The zero-order valence-electron chi connectivity index (χ0n) is 6.19. The van der Waals surface area contributed by atoms with Crippen molar-refractivity contribution in [2.24, 2.45) is 0 Å². The van der Waals surface area contributed by atoms with E-state index < -0.39 is 17.5 Å². The summed E-state index contributed by atoms with van der Waals surface area (Å²) in [5.74, 6) is -0.867. The lowest BCUT2D eigenvalue weighted by molar-refractivity contribution is -0.138. The van der Waals surface area contributed by atoms with Crippen LogP contribution in [0, 0.1) is 0 Å². The van der Waals surface area contributed by atoms with Gasteiger partial charge in [0.05, 0.1) is 5.56 Å². The number of nitrogens with two attached hydrogens (primary N) is 1. The van der Waals surface area contributed by atoms with Gasteiger partial charge < -0.3 is 10.8 Å². The normalized spacial score (nSPS) is 11.7. The minimum absolute atomic E-state index is 0.0606. The van der Waals surface area contributed by atoms with Crippen LogP contribution in [0.25, 0.3) is 0 Å². The van der Waals surface area contributed by atoms with Crippen LogP contribution in [0.15, 0.2) is 16.6 Å². The summed E-state index contributed by atoms with van der Waals surface area (Å²) in [5, 5.41) is 8.93. The van der Waals surface area contributed by atoms with E-state index in [9.17, 15) is 13.2 Å². The molecule has 0 aliphatic heterocycles. The summed E-state index contributed by atoms with van der Waals surface area (Å²) >= 11 is 2.84. The topological polar surface area (TPSA) is 46.2 Å². The predicted molar refractivity (Wildman–Crippen MR) is 45.2 cm³/mol. The number of phenolic OH excluding ortho intramolecular Hbond substituents is 1. The van der Waals surface area contributed by atoms with E-state index in [0.29, 0.717) is 0 Å². The van der Waals surface area contributed by atoms with Gasteiger partial charge in [-0.2, -0.15) is 13.2 Å². The molecule has 72 valence electrons. The van der Waals surface area contributed by atoms with E-state index in [2.05, 4.69) is 15.9 Å². The van der Waals surface area contributed by atoms with Crippen LogP contribution in [0.3, 0.4) is 0 Å². The van der Waals surface area contributed by atoms with Gasteiger partial charge >= 0.3 is 6.18 Å². The number of hydrogen-bond acceptors (Lipinski definition) is 2. The molecule has 0 atom stereocenters. The Morgan fingerprint density at radius 3 is 2.31 bits per heavy atom. The molecule has 0 spiro atoms. The van der Waals surface area contributed by atoms with Crippen molar-refractivity contribution in [3.05, 3.63) is 22.2 Å². The second kappa shape index (κ2) is 3.10. The Balaban J connectivity index is 3.32. The quantitative estimate of drug-likeness (QED) is 0.701. The van der Waals surface area contributed by atoms with Crippen molar-refractivity contribution in [1.29, 1.82) is 0 Å². The van der Waals surface area contributed by atoms with E-state index in [1.165, 1.54) is 0 Å². The molecule has 3 N–H and O–H groups in total. The van der Waals surface area contributed by atoms with Gasteiger partial charge in [-0.05, 0) is 22.0 Å². The summed E-state index contributed by atoms with van der Waals surface area (Å²) in [6, 6.07) is 1.59. The SMILES string of the molecule is Nc1cc(O)c(C(F)(F)F)cc1Br. The molecule has 6 heteroatoms. The molecule has 0 saturated heterocycles. The lowest BCUT2D eigenvalue weighted by Crippen LogP contribution is -2.05. The van der Waals surface area contributed by atoms with Crippen molar-refractivity contribution in [2.75, 3.05) is 5.73 Å². The fourth-order valence-electron chi connectivity index (χ4n) is 0.805. The number of rotatable bonds is 0. The van der Waals surface area contributed by atoms with Gasteiger partial charge in [-0.25, -0.2) is 0 Å². The number of halogens is 4. The molecule has 13 heavy (non-hydrogen) atoms. The van der Waals surface area contributed by atoms with E-state index in [4.69, 9.17) is 10.8 Å². The molecule has 1 aromatic carbocycles. The lowest BCUT2D eigenvalue weighted by Gasteiger charge is -2.10. The molecule has 1 aromatic rings. The van der Waals surface area contributed by atoms with Gasteiger partial charge in [-0.15, -0.1) is 0 Å². The van der Waals surface area contributed by atoms with Gasteiger partial charge in [-0.3, -0.25) is 0 Å². The van der Waals surface area contributed by atoms with E-state index in [-0.39, 0.29) is 10.2 Å². The highest BCUT2D eigenvalue weighted by Crippen LogP contribution is 2.39. The first-order valence-corrected chi connectivity index (χ1v) is 3.97. The molecular formula is C7H5BrF3NO. The molecule has 0 saturated carbocycles. The Morgan fingerprint density at radius 1 is 1.31 bits per heavy atom. The number of aromatic hydroxyl groups is 1. The summed E-state index contributed by atoms with van der Waals surface area (Å²) in [6.07, 6.45) is -4.57. The molecule has 0 radical (unpaired) electrons. The van der Waals surface area contributed by atoms with Crippen LogP contribution >= 0.6 is 15.9 Å². The molecule has 0 heterocycles. The molecular weight excluding hydrogens is 251 g/mol. The molecule has 0 amide bonds. The number of benzene rings is 1. The van der Waals surface area contributed by atoms with Crippen LogP contribution in [0.5, 0.6) is 5.75 Å². The van der Waals surface area contributed by atoms with E-state index in [1.807, 2.05) is 0 Å². The van der Waals surface area contributed by atoms with Gasteiger partial charge in [0.25, 0.3) is 0 Å². The Bertz CT molecular complexity index is 337. The van der Waals surface area contributed by atoms with E-state index in [0.717, 1.165) is 12.1 Å². The van der Waals surface area contributed by atoms with Gasteiger partial charge in [0.2, 0.25) is 0 Å². The van der Waals surface area contributed by atoms with Crippen molar-refractivity contribution in [1.82, 2.24) is 0 Å². The highest BCUT2D eigenvalue weighted by atomic mass is 79.9. The monoisotopic (exact) mass is 255 g/mol. The largest absolute Gasteiger partial charge is 0.507 e. The number of alkyl halides is 3. The maximum Gasteiger partial charge on any atom is 0.419 e. The number of phenols is 1. The Hall–Kier alpha value is -0.910. The van der Waals surface area contributed by atoms with Crippen LogP contribution in [-0.2, 0) is 6.18 Å². The molecule has 1 rings (SSSR count). The highest BCUT2D eigenvalue weighted by Gasteiger charge is 2.34. The van der Waals surface area contributed by atoms with Crippen LogP contribution in [0.4, 0.5) is 18.9 Å². The van der Waals surface area contributed by atoms with Crippen molar-refractivity contribution >= 4 is 21.6 Å². The first kappa shape index (κ1) is 10.2. The molecule has 2 nitrogen and oxygen atoms in total. The number of nitrogen functional groups attached to an aromatic ring is 1.